The SMILES string of the molecule is CSc1n[nH]c(=S)s1.CSc1nncs1. The summed E-state index contributed by atoms with van der Waals surface area (Å²) in [6, 6.07) is 0. The Morgan fingerprint density at radius 3 is 2.33 bits per heavy atom. The van der Waals surface area contributed by atoms with E-state index in [0.29, 0.717) is 0 Å². The first-order valence-corrected chi connectivity index (χ1v) is 8.21. The lowest BCUT2D eigenvalue weighted by molar-refractivity contribution is 1.00. The molecular weight excluding hydrogens is 288 g/mol. The Morgan fingerprint density at radius 1 is 1.33 bits per heavy atom. The highest BCUT2D eigenvalue weighted by molar-refractivity contribution is 8.00. The van der Waals surface area contributed by atoms with Crippen molar-refractivity contribution >= 4 is 58.4 Å². The zero-order chi connectivity index (χ0) is 11.1. The molecule has 0 aliphatic heterocycles. The van der Waals surface area contributed by atoms with E-state index in [0.717, 1.165) is 12.6 Å². The molecule has 0 amide bonds. The molecule has 0 spiro atoms. The van der Waals surface area contributed by atoms with Crippen LogP contribution >= 0.6 is 58.4 Å². The number of aromatic amines is 1. The van der Waals surface area contributed by atoms with Crippen LogP contribution in [0.3, 0.4) is 0 Å². The van der Waals surface area contributed by atoms with Gasteiger partial charge in [-0.1, -0.05) is 46.2 Å². The van der Waals surface area contributed by atoms with Crippen molar-refractivity contribution in [2.24, 2.45) is 0 Å². The lowest BCUT2D eigenvalue weighted by Crippen LogP contribution is -1.65. The van der Waals surface area contributed by atoms with Crippen LogP contribution in [0.5, 0.6) is 0 Å². The highest BCUT2D eigenvalue weighted by atomic mass is 32.2. The summed E-state index contributed by atoms with van der Waals surface area (Å²) in [4.78, 5) is 0. The van der Waals surface area contributed by atoms with Gasteiger partial charge >= 0.3 is 0 Å². The Bertz CT molecular complexity index is 419. The molecule has 2 aromatic rings. The molecule has 0 aliphatic rings. The molecule has 0 bridgehead atoms. The quantitative estimate of drug-likeness (QED) is 0.678. The third-order valence-electron chi connectivity index (χ3n) is 1.11. The zero-order valence-electron chi connectivity index (χ0n) is 7.96. The maximum atomic E-state index is 4.79. The van der Waals surface area contributed by atoms with Crippen molar-refractivity contribution < 1.29 is 0 Å². The van der Waals surface area contributed by atoms with Gasteiger partial charge in [0.2, 0.25) is 0 Å². The van der Waals surface area contributed by atoms with E-state index in [9.17, 15) is 0 Å². The Labute approximate surface area is 109 Å². The van der Waals surface area contributed by atoms with Crippen LogP contribution in [0.25, 0.3) is 0 Å². The first-order valence-electron chi connectivity index (χ1n) is 3.66. The van der Waals surface area contributed by atoms with Crippen LogP contribution in [-0.2, 0) is 0 Å². The van der Waals surface area contributed by atoms with Gasteiger partial charge < -0.3 is 0 Å². The van der Waals surface area contributed by atoms with Gasteiger partial charge in [-0.25, -0.2) is 0 Å². The summed E-state index contributed by atoms with van der Waals surface area (Å²) in [5.41, 5.74) is 1.73. The molecule has 0 aromatic carbocycles. The molecule has 15 heavy (non-hydrogen) atoms. The minimum absolute atomic E-state index is 0.745. The van der Waals surface area contributed by atoms with Gasteiger partial charge in [-0.3, -0.25) is 5.10 Å². The Kier molecular flexibility index (Phi) is 6.41. The van der Waals surface area contributed by atoms with Gasteiger partial charge in [0.25, 0.3) is 0 Å². The molecule has 0 saturated heterocycles. The van der Waals surface area contributed by atoms with Crippen molar-refractivity contribution in [3.05, 3.63) is 9.46 Å². The molecular formula is C6H8N4S5. The number of rotatable bonds is 2. The fraction of sp³-hybridized carbons (Fsp3) is 0.333. The summed E-state index contributed by atoms with van der Waals surface area (Å²) in [6.07, 6.45) is 3.96. The molecule has 0 fully saturated rings. The zero-order valence-corrected chi connectivity index (χ0v) is 12.0. The van der Waals surface area contributed by atoms with E-state index in [1.165, 1.54) is 11.3 Å². The Balaban J connectivity index is 0.000000151. The van der Waals surface area contributed by atoms with Gasteiger partial charge in [0.1, 0.15) is 5.51 Å². The first kappa shape index (κ1) is 13.1. The van der Waals surface area contributed by atoms with E-state index in [2.05, 4.69) is 20.4 Å². The third kappa shape index (κ3) is 5.07. The molecule has 4 nitrogen and oxygen atoms in total. The number of H-pyrrole nitrogens is 1. The predicted octanol–water partition coefficient (Wildman–Crippen LogP) is 3.18. The lowest BCUT2D eigenvalue weighted by atomic mass is 11.6. The summed E-state index contributed by atoms with van der Waals surface area (Å²) in [5.74, 6) is 0. The van der Waals surface area contributed by atoms with Gasteiger partial charge in [0.05, 0.1) is 0 Å². The van der Waals surface area contributed by atoms with Crippen molar-refractivity contribution in [2.75, 3.05) is 12.5 Å². The van der Waals surface area contributed by atoms with Crippen LogP contribution < -0.4 is 0 Å². The van der Waals surface area contributed by atoms with E-state index >= 15 is 0 Å². The van der Waals surface area contributed by atoms with Gasteiger partial charge in [0.15, 0.2) is 12.6 Å². The van der Waals surface area contributed by atoms with Crippen LogP contribution in [0.2, 0.25) is 0 Å². The number of hydrogen-bond acceptors (Lipinski definition) is 8. The molecule has 0 saturated carbocycles. The largest absolute Gasteiger partial charge is 0.257 e. The van der Waals surface area contributed by atoms with E-state index < -0.39 is 0 Å². The van der Waals surface area contributed by atoms with Gasteiger partial charge in [-0.05, 0) is 24.7 Å². The molecule has 1 N–H and O–H groups in total. The first-order chi connectivity index (χ1) is 7.26. The van der Waals surface area contributed by atoms with Gasteiger partial charge in [0, 0.05) is 0 Å². The minimum Gasteiger partial charge on any atom is -0.257 e. The van der Waals surface area contributed by atoms with Crippen molar-refractivity contribution in [1.29, 1.82) is 0 Å². The summed E-state index contributed by atoms with van der Waals surface area (Å²) in [7, 11) is 0. The molecule has 82 valence electrons. The van der Waals surface area contributed by atoms with Crippen LogP contribution in [-0.4, -0.2) is 32.9 Å². The van der Waals surface area contributed by atoms with E-state index in [-0.39, 0.29) is 0 Å². The predicted molar refractivity (Wildman–Crippen MR) is 70.8 cm³/mol. The highest BCUT2D eigenvalue weighted by Crippen LogP contribution is 2.15. The smallest absolute Gasteiger partial charge is 0.177 e. The number of aromatic nitrogens is 4. The number of hydrogen-bond donors (Lipinski definition) is 1. The van der Waals surface area contributed by atoms with Crippen LogP contribution in [0, 0.1) is 3.95 Å². The van der Waals surface area contributed by atoms with Gasteiger partial charge in [-0.15, -0.1) is 10.2 Å². The molecule has 0 radical (unpaired) electrons. The average Bonchev–Trinajstić information content (AvgIpc) is 2.88. The number of thioether (sulfide) groups is 2. The summed E-state index contributed by atoms with van der Waals surface area (Å²) in [5, 5.41) is 14.0. The highest BCUT2D eigenvalue weighted by Gasteiger charge is 1.90. The van der Waals surface area contributed by atoms with Crippen LogP contribution in [0.4, 0.5) is 0 Å². The molecule has 2 rings (SSSR count). The van der Waals surface area contributed by atoms with Crippen molar-refractivity contribution in [3.63, 3.8) is 0 Å². The minimum atomic E-state index is 0.745. The molecule has 0 aliphatic carbocycles. The summed E-state index contributed by atoms with van der Waals surface area (Å²) in [6.45, 7) is 0. The van der Waals surface area contributed by atoms with Crippen molar-refractivity contribution in [2.45, 2.75) is 8.68 Å². The second kappa shape index (κ2) is 7.34. The maximum absolute atomic E-state index is 4.79. The van der Waals surface area contributed by atoms with Crippen molar-refractivity contribution in [1.82, 2.24) is 20.4 Å². The fourth-order valence-electron chi connectivity index (χ4n) is 0.555. The van der Waals surface area contributed by atoms with E-state index in [4.69, 9.17) is 12.2 Å². The summed E-state index contributed by atoms with van der Waals surface area (Å²) < 4.78 is 2.77. The molecule has 2 aromatic heterocycles. The Hall–Kier alpha value is 0.0400. The van der Waals surface area contributed by atoms with Crippen LogP contribution in [0.1, 0.15) is 0 Å². The van der Waals surface area contributed by atoms with Crippen LogP contribution in [0.15, 0.2) is 14.2 Å². The topological polar surface area (TPSA) is 54.5 Å². The van der Waals surface area contributed by atoms with Gasteiger partial charge in [-0.2, -0.15) is 5.10 Å². The lowest BCUT2D eigenvalue weighted by Gasteiger charge is -1.75. The molecule has 0 unspecified atom stereocenters. The van der Waals surface area contributed by atoms with E-state index in [1.54, 1.807) is 40.4 Å². The average molecular weight is 296 g/mol. The van der Waals surface area contributed by atoms with Crippen molar-refractivity contribution in [3.8, 4) is 0 Å². The Morgan fingerprint density at radius 2 is 2.07 bits per heavy atom. The molecule has 0 atom stereocenters. The standard InChI is InChI=1S/C3H4N2S3.C3H4N2S2/c1-7-3-5-4-2(6)8-3;1-6-3-5-4-2-7-3/h1H3,(H,4,6);2H,1H3. The third-order valence-corrected chi connectivity index (χ3v) is 4.88. The fourth-order valence-corrected chi connectivity index (χ4v) is 2.98. The number of nitrogens with one attached hydrogen (secondary N) is 1. The van der Waals surface area contributed by atoms with E-state index in [1.807, 2.05) is 12.5 Å². The number of nitrogens with zero attached hydrogens (tertiary/aromatic N) is 3. The normalized spacial score (nSPS) is 9.47. The molecule has 9 heteroatoms. The second-order valence-electron chi connectivity index (χ2n) is 1.99. The molecule has 2 heterocycles. The monoisotopic (exact) mass is 296 g/mol. The second-order valence-corrected chi connectivity index (χ2v) is 6.60. The summed E-state index contributed by atoms with van der Waals surface area (Å²) >= 11 is 11.1. The maximum Gasteiger partial charge on any atom is 0.177 e.